The van der Waals surface area contributed by atoms with Crippen LogP contribution in [0.5, 0.6) is 0 Å². The van der Waals surface area contributed by atoms with Crippen LogP contribution in [0.1, 0.15) is 83.1 Å². The summed E-state index contributed by atoms with van der Waals surface area (Å²) in [7, 11) is 0. The van der Waals surface area contributed by atoms with Gasteiger partial charge < -0.3 is 25.5 Å². The lowest BCUT2D eigenvalue weighted by atomic mass is 9.51. The molecule has 37 heavy (non-hydrogen) atoms. The molecule has 0 rings (SSSR count). The lowest BCUT2D eigenvalue weighted by molar-refractivity contribution is -0.273. The van der Waals surface area contributed by atoms with E-state index in [0.29, 0.717) is 0 Å². The summed E-state index contributed by atoms with van der Waals surface area (Å²) < 4.78 is -1.72. The molecule has 0 amide bonds. The molecule has 214 valence electrons. The summed E-state index contributed by atoms with van der Waals surface area (Å²) in [6, 6.07) is 0. The first kappa shape index (κ1) is 35.6. The number of hydrogen-bond acceptors (Lipinski definition) is 10. The van der Waals surface area contributed by atoms with E-state index in [9.17, 15) is 49.5 Å². The van der Waals surface area contributed by atoms with Crippen LogP contribution < -0.4 is 0 Å². The minimum Gasteiger partial charge on any atom is -0.393 e. The quantitative estimate of drug-likeness (QED) is 0.192. The van der Waals surface area contributed by atoms with E-state index in [1.807, 2.05) is 0 Å². The Morgan fingerprint density at radius 2 is 0.784 bits per heavy atom. The number of carbonyl (C=O) groups excluding carboxylic acids is 5. The Morgan fingerprint density at radius 1 is 0.514 bits per heavy atom. The monoisotopic (exact) mass is 594 g/mol. The van der Waals surface area contributed by atoms with E-state index in [1.54, 1.807) is 0 Å². The largest absolute Gasteiger partial charge is 0.393 e. The number of halogens is 1. The van der Waals surface area contributed by atoms with Gasteiger partial charge in [-0.25, -0.2) is 0 Å². The summed E-state index contributed by atoms with van der Waals surface area (Å²) >= 11 is 2.44. The van der Waals surface area contributed by atoms with Crippen molar-refractivity contribution in [3.05, 3.63) is 0 Å². The van der Waals surface area contributed by atoms with Crippen LogP contribution in [-0.4, -0.2) is 82.4 Å². The lowest BCUT2D eigenvalue weighted by Gasteiger charge is -2.57. The number of hydrogen-bond donors (Lipinski definition) is 5. The highest BCUT2D eigenvalue weighted by Crippen LogP contribution is 2.51. The molecule has 0 aromatic heterocycles. The molecule has 0 radical (unpaired) electrons. The maximum atomic E-state index is 14.0. The van der Waals surface area contributed by atoms with Crippen molar-refractivity contribution in [1.82, 2.24) is 0 Å². The molecule has 0 aliphatic carbocycles. The first-order chi connectivity index (χ1) is 15.9. The highest BCUT2D eigenvalue weighted by atomic mass is 79.9. The van der Waals surface area contributed by atoms with Gasteiger partial charge in [-0.15, -0.1) is 0 Å². The average Bonchev–Trinajstić information content (AvgIpc) is 2.71. The van der Waals surface area contributed by atoms with Crippen LogP contribution in [0.15, 0.2) is 0 Å². The standard InChI is InChI=1S/C26H43BrO10/c1-19(2,3)14(29)23(34,13-28)25(36,16(31)21(7,8)9)26(37,17(32)22(10,11)12)24(35,18(27)33)15(30)20(4,5)6/h28,34-37H,13H2,1-12H3/t23-,24-,25+,26+/m0/s1. The van der Waals surface area contributed by atoms with Crippen LogP contribution >= 0.6 is 15.9 Å². The van der Waals surface area contributed by atoms with Gasteiger partial charge in [0.1, 0.15) is 0 Å². The minimum absolute atomic E-state index is 1.20. The molecule has 0 aromatic carbocycles. The number of aliphatic hydroxyl groups excluding tert-OH is 1. The third-order valence-electron chi connectivity index (χ3n) is 6.25. The van der Waals surface area contributed by atoms with Crippen molar-refractivity contribution in [3.63, 3.8) is 0 Å². The van der Waals surface area contributed by atoms with Crippen molar-refractivity contribution in [3.8, 4) is 0 Å². The van der Waals surface area contributed by atoms with Crippen LogP contribution in [0.3, 0.4) is 0 Å². The molecule has 0 aliphatic rings. The Bertz CT molecular complexity index is 975. The van der Waals surface area contributed by atoms with Crippen molar-refractivity contribution in [2.45, 2.75) is 105 Å². The predicted octanol–water partition coefficient (Wildman–Crippen LogP) is 1.29. The van der Waals surface area contributed by atoms with Crippen molar-refractivity contribution in [2.75, 3.05) is 6.61 Å². The van der Waals surface area contributed by atoms with Crippen molar-refractivity contribution >= 4 is 43.8 Å². The molecular formula is C26H43BrO10. The zero-order chi connectivity index (χ0) is 30.6. The second kappa shape index (κ2) is 9.98. The molecule has 5 N–H and O–H groups in total. The van der Waals surface area contributed by atoms with E-state index in [1.165, 1.54) is 83.1 Å². The molecule has 0 aliphatic heterocycles. The van der Waals surface area contributed by atoms with Gasteiger partial charge in [-0.05, 0) is 15.9 Å². The zero-order valence-electron chi connectivity index (χ0n) is 23.9. The Morgan fingerprint density at radius 3 is 1.00 bits per heavy atom. The second-order valence-corrected chi connectivity index (χ2v) is 14.5. The van der Waals surface area contributed by atoms with Crippen LogP contribution in [-0.2, 0) is 24.0 Å². The van der Waals surface area contributed by atoms with E-state index in [4.69, 9.17) is 0 Å². The summed E-state index contributed by atoms with van der Waals surface area (Å²) in [6.07, 6.45) is 0. The van der Waals surface area contributed by atoms with Crippen LogP contribution in [0.2, 0.25) is 0 Å². The van der Waals surface area contributed by atoms with Crippen LogP contribution in [0, 0.1) is 21.7 Å². The Kier molecular flexibility index (Phi) is 9.62. The topological polar surface area (TPSA) is 186 Å². The zero-order valence-corrected chi connectivity index (χ0v) is 25.4. The Labute approximate surface area is 227 Å². The molecule has 0 bridgehead atoms. The fourth-order valence-corrected chi connectivity index (χ4v) is 4.70. The molecule has 11 heteroatoms. The molecule has 0 unspecified atom stereocenters. The highest BCUT2D eigenvalue weighted by Gasteiger charge is 2.83. The fourth-order valence-electron chi connectivity index (χ4n) is 4.24. The number of rotatable bonds is 9. The van der Waals surface area contributed by atoms with Crippen LogP contribution in [0.4, 0.5) is 0 Å². The summed E-state index contributed by atoms with van der Waals surface area (Å²) in [5, 5.41) is 58.5. The summed E-state index contributed by atoms with van der Waals surface area (Å²) in [5.74, 6) is -6.13. The Balaban J connectivity index is 8.73. The molecule has 0 fully saturated rings. The minimum atomic E-state index is -4.19. The van der Waals surface area contributed by atoms with E-state index in [-0.39, 0.29) is 0 Å². The Hall–Kier alpha value is -1.37. The normalized spacial score (nSPS) is 20.1. The third-order valence-corrected chi connectivity index (χ3v) is 6.82. The SMILES string of the molecule is CC(C)(C)C(=O)[C@](O)(C(=O)Br)[C@](O)(C(=O)C(C)(C)C)[C@@](O)(C(=O)C(C)(C)C)[C@](O)(CO)C(=O)C(C)(C)C. The number of aliphatic hydroxyl groups is 5. The van der Waals surface area contributed by atoms with Crippen molar-refractivity contribution in [2.24, 2.45) is 21.7 Å². The van der Waals surface area contributed by atoms with Crippen molar-refractivity contribution in [1.29, 1.82) is 0 Å². The first-order valence-electron chi connectivity index (χ1n) is 11.8. The maximum Gasteiger partial charge on any atom is 0.240 e. The summed E-state index contributed by atoms with van der Waals surface area (Å²) in [5.41, 5.74) is -22.8. The summed E-state index contributed by atoms with van der Waals surface area (Å²) in [6.45, 7) is 13.0. The molecule has 0 saturated carbocycles. The average molecular weight is 596 g/mol. The third kappa shape index (κ3) is 5.40. The lowest BCUT2D eigenvalue weighted by Crippen LogP contribution is -2.88. The number of carbonyl (C=O) groups is 5. The van der Waals surface area contributed by atoms with E-state index in [2.05, 4.69) is 15.9 Å². The van der Waals surface area contributed by atoms with E-state index in [0.717, 1.165) is 0 Å². The fraction of sp³-hybridized carbons (Fsp3) is 0.808. The van der Waals surface area contributed by atoms with Crippen LogP contribution in [0.25, 0.3) is 0 Å². The van der Waals surface area contributed by atoms with Gasteiger partial charge in [0.15, 0.2) is 28.7 Å². The highest BCUT2D eigenvalue weighted by molar-refractivity contribution is 9.18. The van der Waals surface area contributed by atoms with Crippen molar-refractivity contribution < 1.29 is 49.5 Å². The van der Waals surface area contributed by atoms with Gasteiger partial charge in [0, 0.05) is 21.7 Å². The van der Waals surface area contributed by atoms with Gasteiger partial charge >= 0.3 is 0 Å². The van der Waals surface area contributed by atoms with Gasteiger partial charge in [-0.2, -0.15) is 0 Å². The second-order valence-electron chi connectivity index (χ2n) is 13.7. The van der Waals surface area contributed by atoms with Gasteiger partial charge in [0.2, 0.25) is 21.5 Å². The number of ketones is 4. The smallest absolute Gasteiger partial charge is 0.240 e. The van der Waals surface area contributed by atoms with E-state index >= 15 is 0 Å². The maximum absolute atomic E-state index is 14.0. The molecule has 0 spiro atoms. The first-order valence-corrected chi connectivity index (χ1v) is 12.6. The molecule has 0 aromatic rings. The molecule has 10 nitrogen and oxygen atoms in total. The van der Waals surface area contributed by atoms with Gasteiger partial charge in [-0.3, -0.25) is 24.0 Å². The summed E-state index contributed by atoms with van der Waals surface area (Å²) in [4.78, 5) is 68.3. The molecule has 0 saturated heterocycles. The van der Waals surface area contributed by atoms with E-state index < -0.39 is 78.5 Å². The van der Waals surface area contributed by atoms with Gasteiger partial charge in [0.25, 0.3) is 0 Å². The number of Topliss-reactive ketones (excluding diaryl/α,β-unsaturated/α-hetero) is 4. The van der Waals surface area contributed by atoms with Gasteiger partial charge in [-0.1, -0.05) is 83.1 Å². The molecule has 0 heterocycles. The van der Waals surface area contributed by atoms with Gasteiger partial charge in [0.05, 0.1) is 6.61 Å². The molecular weight excluding hydrogens is 552 g/mol. The molecule has 4 atom stereocenters. The predicted molar refractivity (Wildman–Crippen MR) is 139 cm³/mol.